The van der Waals surface area contributed by atoms with Crippen molar-refractivity contribution in [3.63, 3.8) is 0 Å². The Morgan fingerprint density at radius 3 is 2.73 bits per heavy atom. The lowest BCUT2D eigenvalue weighted by Crippen LogP contribution is -2.38. The first-order valence-corrected chi connectivity index (χ1v) is 6.72. The second kappa shape index (κ2) is 3.74. The van der Waals surface area contributed by atoms with Gasteiger partial charge in [-0.3, -0.25) is 4.90 Å². The molecule has 2 saturated heterocycles. The summed E-state index contributed by atoms with van der Waals surface area (Å²) in [6.45, 7) is 9.27. The Morgan fingerprint density at radius 2 is 1.93 bits per heavy atom. The molecule has 2 heteroatoms. The molecule has 0 spiro atoms. The molecule has 1 aliphatic carbocycles. The Balaban J connectivity index is 1.59. The Labute approximate surface area is 93.6 Å². The molecule has 15 heavy (non-hydrogen) atoms. The molecule has 3 fully saturated rings. The predicted octanol–water partition coefficient (Wildman–Crippen LogP) is 1.96. The highest BCUT2D eigenvalue weighted by Gasteiger charge is 2.40. The Bertz CT molecular complexity index is 235. The molecule has 1 saturated carbocycles. The van der Waals surface area contributed by atoms with Crippen LogP contribution in [0.1, 0.15) is 39.0 Å². The molecule has 0 bridgehead atoms. The molecule has 2 nitrogen and oxygen atoms in total. The van der Waals surface area contributed by atoms with Gasteiger partial charge < -0.3 is 4.90 Å². The van der Waals surface area contributed by atoms with E-state index < -0.39 is 0 Å². The maximum atomic E-state index is 2.75. The summed E-state index contributed by atoms with van der Waals surface area (Å²) >= 11 is 0. The molecule has 3 rings (SSSR count). The van der Waals surface area contributed by atoms with Crippen molar-refractivity contribution >= 4 is 0 Å². The molecule has 0 N–H and O–H groups in total. The Morgan fingerprint density at radius 1 is 1.13 bits per heavy atom. The lowest BCUT2D eigenvalue weighted by atomic mass is 10.1. The summed E-state index contributed by atoms with van der Waals surface area (Å²) in [6.07, 6.45) is 7.23. The van der Waals surface area contributed by atoms with Gasteiger partial charge in [0.25, 0.3) is 0 Å². The van der Waals surface area contributed by atoms with E-state index in [0.717, 1.165) is 6.04 Å². The summed E-state index contributed by atoms with van der Waals surface area (Å²) in [4.78, 5) is 5.48. The van der Waals surface area contributed by atoms with Crippen molar-refractivity contribution in [2.75, 3.05) is 32.7 Å². The molecule has 0 amide bonds. The summed E-state index contributed by atoms with van der Waals surface area (Å²) in [5.74, 6) is 0. The Kier molecular flexibility index (Phi) is 2.52. The van der Waals surface area contributed by atoms with Crippen LogP contribution in [-0.2, 0) is 0 Å². The van der Waals surface area contributed by atoms with Crippen molar-refractivity contribution in [1.82, 2.24) is 9.80 Å². The minimum absolute atomic E-state index is 0.702. The summed E-state index contributed by atoms with van der Waals surface area (Å²) < 4.78 is 0. The number of rotatable bonds is 2. The van der Waals surface area contributed by atoms with E-state index in [-0.39, 0.29) is 0 Å². The molecule has 0 radical (unpaired) electrons. The van der Waals surface area contributed by atoms with Crippen LogP contribution in [-0.4, -0.2) is 48.6 Å². The van der Waals surface area contributed by atoms with Gasteiger partial charge in [-0.15, -0.1) is 0 Å². The van der Waals surface area contributed by atoms with Crippen molar-refractivity contribution < 1.29 is 0 Å². The van der Waals surface area contributed by atoms with E-state index in [9.17, 15) is 0 Å². The van der Waals surface area contributed by atoms with Crippen molar-refractivity contribution in [1.29, 1.82) is 0 Å². The van der Waals surface area contributed by atoms with Crippen LogP contribution in [0, 0.1) is 5.41 Å². The van der Waals surface area contributed by atoms with Crippen LogP contribution in [0.2, 0.25) is 0 Å². The first-order chi connectivity index (χ1) is 7.25. The zero-order chi connectivity index (χ0) is 10.3. The van der Waals surface area contributed by atoms with Gasteiger partial charge in [0.05, 0.1) is 0 Å². The summed E-state index contributed by atoms with van der Waals surface area (Å²) in [5.41, 5.74) is 0.702. The molecular weight excluding hydrogens is 184 g/mol. The average molecular weight is 208 g/mol. The number of hydrogen-bond donors (Lipinski definition) is 0. The average Bonchev–Trinajstić information content (AvgIpc) is 2.82. The molecule has 0 aromatic rings. The van der Waals surface area contributed by atoms with Gasteiger partial charge in [-0.05, 0) is 57.2 Å². The van der Waals surface area contributed by atoms with Crippen molar-refractivity contribution in [3.8, 4) is 0 Å². The van der Waals surface area contributed by atoms with Gasteiger partial charge in [0.2, 0.25) is 0 Å². The van der Waals surface area contributed by atoms with E-state index in [1.807, 2.05) is 0 Å². The highest BCUT2D eigenvalue weighted by atomic mass is 15.3. The fraction of sp³-hybridized carbons (Fsp3) is 1.00. The van der Waals surface area contributed by atoms with Gasteiger partial charge in [0.15, 0.2) is 0 Å². The second-order valence-electron chi connectivity index (χ2n) is 6.23. The van der Waals surface area contributed by atoms with Crippen LogP contribution in [0.15, 0.2) is 0 Å². The van der Waals surface area contributed by atoms with E-state index in [4.69, 9.17) is 0 Å². The number of fused-ring (bicyclic) bond motifs is 1. The maximum Gasteiger partial charge on any atom is 0.0223 e. The summed E-state index contributed by atoms with van der Waals surface area (Å²) in [5, 5.41) is 0. The van der Waals surface area contributed by atoms with Crippen LogP contribution in [0.4, 0.5) is 0 Å². The summed E-state index contributed by atoms with van der Waals surface area (Å²) in [7, 11) is 0. The number of hydrogen-bond acceptors (Lipinski definition) is 2. The Hall–Kier alpha value is -0.0800. The van der Waals surface area contributed by atoms with Gasteiger partial charge in [-0.25, -0.2) is 0 Å². The molecule has 3 aliphatic rings. The molecule has 1 atom stereocenters. The van der Waals surface area contributed by atoms with E-state index in [1.165, 1.54) is 64.8 Å². The third-order valence-corrected chi connectivity index (χ3v) is 4.60. The fourth-order valence-corrected chi connectivity index (χ4v) is 3.34. The van der Waals surface area contributed by atoms with Crippen LogP contribution in [0.3, 0.4) is 0 Å². The highest BCUT2D eigenvalue weighted by molar-refractivity contribution is 4.93. The van der Waals surface area contributed by atoms with Crippen LogP contribution >= 0.6 is 0 Å². The monoisotopic (exact) mass is 208 g/mol. The predicted molar refractivity (Wildman–Crippen MR) is 63.0 cm³/mol. The molecule has 0 aromatic carbocycles. The van der Waals surface area contributed by atoms with Gasteiger partial charge >= 0.3 is 0 Å². The zero-order valence-corrected chi connectivity index (χ0v) is 10.0. The minimum Gasteiger partial charge on any atom is -0.301 e. The van der Waals surface area contributed by atoms with Crippen molar-refractivity contribution in [2.24, 2.45) is 5.41 Å². The number of nitrogens with zero attached hydrogens (tertiary/aromatic N) is 2. The standard InChI is InChI=1S/C13H24N2/c1-13(5-6-13)11-14-7-3-9-15-8-2-4-12(15)10-14/h12H,2-11H2,1H3. The molecule has 2 aliphatic heterocycles. The summed E-state index contributed by atoms with van der Waals surface area (Å²) in [6, 6.07) is 0.898. The van der Waals surface area contributed by atoms with Crippen molar-refractivity contribution in [3.05, 3.63) is 0 Å². The van der Waals surface area contributed by atoms with Gasteiger partial charge in [-0.1, -0.05) is 6.92 Å². The normalized spacial score (nSPS) is 36.2. The van der Waals surface area contributed by atoms with Crippen LogP contribution < -0.4 is 0 Å². The SMILES string of the molecule is CC1(CN2CCCN3CCCC3C2)CC1. The van der Waals surface area contributed by atoms with Gasteiger partial charge in [0.1, 0.15) is 0 Å². The minimum atomic E-state index is 0.702. The van der Waals surface area contributed by atoms with E-state index in [2.05, 4.69) is 16.7 Å². The zero-order valence-electron chi connectivity index (χ0n) is 10.0. The van der Waals surface area contributed by atoms with E-state index >= 15 is 0 Å². The van der Waals surface area contributed by atoms with Gasteiger partial charge in [-0.2, -0.15) is 0 Å². The van der Waals surface area contributed by atoms with Crippen molar-refractivity contribution in [2.45, 2.75) is 45.1 Å². The van der Waals surface area contributed by atoms with E-state index in [1.54, 1.807) is 0 Å². The first kappa shape index (κ1) is 10.1. The molecule has 2 heterocycles. The first-order valence-electron chi connectivity index (χ1n) is 6.72. The third kappa shape index (κ3) is 2.21. The lowest BCUT2D eigenvalue weighted by molar-refractivity contribution is 0.196. The van der Waals surface area contributed by atoms with Crippen LogP contribution in [0.5, 0.6) is 0 Å². The smallest absolute Gasteiger partial charge is 0.0223 e. The molecule has 86 valence electrons. The topological polar surface area (TPSA) is 6.48 Å². The quantitative estimate of drug-likeness (QED) is 0.684. The third-order valence-electron chi connectivity index (χ3n) is 4.60. The lowest BCUT2D eigenvalue weighted by Gasteiger charge is -2.27. The largest absolute Gasteiger partial charge is 0.301 e. The highest BCUT2D eigenvalue weighted by Crippen LogP contribution is 2.45. The molecule has 0 aromatic heterocycles. The van der Waals surface area contributed by atoms with Gasteiger partial charge in [0, 0.05) is 19.1 Å². The molecular formula is C13H24N2. The maximum absolute atomic E-state index is 2.75. The van der Waals surface area contributed by atoms with E-state index in [0.29, 0.717) is 5.41 Å². The second-order valence-corrected chi connectivity index (χ2v) is 6.23. The van der Waals surface area contributed by atoms with Crippen LogP contribution in [0.25, 0.3) is 0 Å². The fourth-order valence-electron chi connectivity index (χ4n) is 3.34. The molecule has 1 unspecified atom stereocenters.